The van der Waals surface area contributed by atoms with E-state index in [1.807, 2.05) is 41.3 Å². The van der Waals surface area contributed by atoms with Gasteiger partial charge in [0, 0.05) is 120 Å². The predicted molar refractivity (Wildman–Crippen MR) is 347 cm³/mol. The molecule has 0 bridgehead atoms. The van der Waals surface area contributed by atoms with Crippen LogP contribution in [0.5, 0.6) is 11.5 Å². The molecule has 0 saturated carbocycles. The molecule has 23 nitrogen and oxygen atoms in total. The third-order valence-corrected chi connectivity index (χ3v) is 19.9. The molecule has 0 radical (unpaired) electrons. The van der Waals surface area contributed by atoms with Crippen LogP contribution in [-0.4, -0.2) is 203 Å². The van der Waals surface area contributed by atoms with Crippen LogP contribution in [-0.2, 0) is 43.3 Å². The van der Waals surface area contributed by atoms with Crippen molar-refractivity contribution in [2.24, 2.45) is 0 Å². The molecule has 2 aliphatic carbocycles. The largest absolute Gasteiger partial charge is 0.593 e. The van der Waals surface area contributed by atoms with Crippen LogP contribution in [0.1, 0.15) is 84.1 Å². The Labute approximate surface area is 550 Å². The maximum absolute atomic E-state index is 13.5. The van der Waals surface area contributed by atoms with Gasteiger partial charge in [-0.15, -0.1) is 4.72 Å². The second kappa shape index (κ2) is 34.1. The maximum atomic E-state index is 13.5. The molecule has 0 spiro atoms. The lowest BCUT2D eigenvalue weighted by Gasteiger charge is -2.36. The van der Waals surface area contributed by atoms with Crippen molar-refractivity contribution in [1.29, 1.82) is 10.5 Å². The van der Waals surface area contributed by atoms with Gasteiger partial charge < -0.3 is 65.2 Å². The van der Waals surface area contributed by atoms with Crippen LogP contribution in [0.15, 0.2) is 82.6 Å². The van der Waals surface area contributed by atoms with Crippen LogP contribution in [0, 0.1) is 22.7 Å². The number of piperazine rings is 2. The van der Waals surface area contributed by atoms with Crippen LogP contribution in [0.25, 0.3) is 0 Å². The Kier molecular flexibility index (Phi) is 25.4. The van der Waals surface area contributed by atoms with Crippen molar-refractivity contribution in [3.8, 4) is 23.6 Å². The SMILES string of the molecule is N#Cc1cc(Cl)cc2c1C[C@H](N1CCNCC1)[C@H]2Oc1ccc(SN[C@H]2CCCN(CCOCCNC(=O)NCCCCNC(=O)NCCOCCN3CCC[C@H](N[S+]([O-])c4ccc(O[C@H]5c6cc(Cl)cc(C#N)c6C[C@@H]5N5CCNCC5)cc4)C3=O)C2=O)cc1. The number of fused-ring (bicyclic) bond motifs is 2. The molecule has 4 aromatic carbocycles. The summed E-state index contributed by atoms with van der Waals surface area (Å²) in [6.45, 7) is 11.8. The molecule has 6 amide bonds. The fourth-order valence-electron chi connectivity index (χ4n) is 12.7. The number of nitriles is 2. The minimum Gasteiger partial charge on any atom is -0.593 e. The zero-order chi connectivity index (χ0) is 63.5. The highest BCUT2D eigenvalue weighted by Gasteiger charge is 2.42. The van der Waals surface area contributed by atoms with Crippen LogP contribution < -0.4 is 50.8 Å². The average Bonchev–Trinajstić information content (AvgIpc) is 1.66. The number of halogens is 2. The number of carbonyl (C=O) groups is 4. The molecule has 1 unspecified atom stereocenters. The molecule has 4 heterocycles. The van der Waals surface area contributed by atoms with Crippen molar-refractivity contribution in [1.82, 2.24) is 60.9 Å². The van der Waals surface area contributed by atoms with E-state index in [-0.39, 0.29) is 74.0 Å². The first kappa shape index (κ1) is 67.7. The number of benzene rings is 4. The maximum Gasteiger partial charge on any atom is 0.314 e. The summed E-state index contributed by atoms with van der Waals surface area (Å²) < 4.78 is 44.7. The van der Waals surface area contributed by atoms with E-state index in [0.29, 0.717) is 117 Å². The molecular formula is C64H82Cl2N14O9S2. The molecule has 4 aromatic rings. The van der Waals surface area contributed by atoms with Crippen LogP contribution >= 0.6 is 35.1 Å². The Morgan fingerprint density at radius 1 is 0.615 bits per heavy atom. The van der Waals surface area contributed by atoms with E-state index in [4.69, 9.17) is 42.1 Å². The number of urea groups is 2. The van der Waals surface area contributed by atoms with Gasteiger partial charge >= 0.3 is 12.1 Å². The van der Waals surface area contributed by atoms with Gasteiger partial charge in [0.1, 0.15) is 29.7 Å². The number of nitrogens with zero attached hydrogens (tertiary/aromatic N) is 6. The molecule has 91 heavy (non-hydrogen) atoms. The van der Waals surface area contributed by atoms with Crippen LogP contribution in [0.4, 0.5) is 9.59 Å². The van der Waals surface area contributed by atoms with Gasteiger partial charge in [-0.1, -0.05) is 23.2 Å². The summed E-state index contributed by atoms with van der Waals surface area (Å²) in [5.74, 6) is 1.21. The van der Waals surface area contributed by atoms with E-state index >= 15 is 0 Å². The van der Waals surface area contributed by atoms with Gasteiger partial charge in [-0.2, -0.15) is 10.5 Å². The Morgan fingerprint density at radius 3 is 1.55 bits per heavy atom. The number of hydrogen-bond donors (Lipinski definition) is 8. The van der Waals surface area contributed by atoms with Crippen molar-refractivity contribution in [2.45, 2.75) is 97.5 Å². The predicted octanol–water partition coefficient (Wildman–Crippen LogP) is 4.94. The summed E-state index contributed by atoms with van der Waals surface area (Å²) in [5.41, 5.74) is 5.01. The van der Waals surface area contributed by atoms with E-state index in [2.05, 4.69) is 63.3 Å². The van der Waals surface area contributed by atoms with Crippen molar-refractivity contribution in [2.75, 3.05) is 131 Å². The molecule has 27 heteroatoms. The Bertz CT molecular complexity index is 3190. The smallest absolute Gasteiger partial charge is 0.314 e. The van der Waals surface area contributed by atoms with Crippen molar-refractivity contribution < 1.29 is 42.7 Å². The number of likely N-dealkylation sites (tertiary alicyclic amines) is 2. The quantitative estimate of drug-likeness (QED) is 0.0203. The first-order valence-corrected chi connectivity index (χ1v) is 34.4. The number of rotatable bonds is 29. The van der Waals surface area contributed by atoms with E-state index in [9.17, 15) is 34.3 Å². The van der Waals surface area contributed by atoms with Gasteiger partial charge in [0.2, 0.25) is 11.8 Å². The second-order valence-electron chi connectivity index (χ2n) is 23.3. The number of ether oxygens (including phenoxy) is 4. The highest BCUT2D eigenvalue weighted by Crippen LogP contribution is 2.43. The molecule has 6 aliphatic rings. The van der Waals surface area contributed by atoms with Crippen molar-refractivity contribution >= 4 is 70.4 Å². The van der Waals surface area contributed by atoms with Crippen LogP contribution in [0.3, 0.4) is 0 Å². The highest BCUT2D eigenvalue weighted by atomic mass is 35.5. The Morgan fingerprint density at radius 2 is 1.07 bits per heavy atom. The topological polar surface area (TPSA) is 285 Å². The number of amides is 6. The minimum absolute atomic E-state index is 0.0292. The first-order chi connectivity index (χ1) is 44.4. The molecule has 4 saturated heterocycles. The zero-order valence-corrected chi connectivity index (χ0v) is 54.3. The molecule has 0 aromatic heterocycles. The Balaban J connectivity index is 0.528. The molecule has 8 N–H and O–H groups in total. The molecule has 7 atom stereocenters. The highest BCUT2D eigenvalue weighted by molar-refractivity contribution is 7.97. The third-order valence-electron chi connectivity index (χ3n) is 17.4. The monoisotopic (exact) mass is 1320 g/mol. The second-order valence-corrected chi connectivity index (χ2v) is 26.4. The summed E-state index contributed by atoms with van der Waals surface area (Å²) in [4.78, 5) is 61.4. The van der Waals surface area contributed by atoms with E-state index < -0.39 is 17.4 Å². The number of unbranched alkanes of at least 4 members (excludes halogenated alkanes) is 1. The fourth-order valence-corrected chi connectivity index (χ4v) is 14.9. The van der Waals surface area contributed by atoms with Gasteiger partial charge in [0.15, 0.2) is 4.90 Å². The molecule has 10 rings (SSSR count). The van der Waals surface area contributed by atoms with Gasteiger partial charge in [-0.05, 0) is 158 Å². The normalized spacial score (nSPS) is 22.1. The van der Waals surface area contributed by atoms with Gasteiger partial charge in [-0.25, -0.2) is 14.3 Å². The minimum atomic E-state index is -1.66. The molecular weight excluding hydrogens is 1240 g/mol. The number of carbonyl (C=O) groups excluding carboxylic acids is 4. The molecule has 4 fully saturated rings. The van der Waals surface area contributed by atoms with Gasteiger partial charge in [-0.3, -0.25) is 19.4 Å². The third kappa shape index (κ3) is 18.6. The van der Waals surface area contributed by atoms with E-state index in [0.717, 1.165) is 111 Å². The number of nitrogens with one attached hydrogen (secondary N) is 8. The summed E-state index contributed by atoms with van der Waals surface area (Å²) in [6.07, 6.45) is 5.02. The van der Waals surface area contributed by atoms with E-state index in [1.165, 1.54) is 11.9 Å². The number of piperidine rings is 2. The average molecular weight is 1330 g/mol. The number of hydrogen-bond acceptors (Lipinski definition) is 18. The summed E-state index contributed by atoms with van der Waals surface area (Å²) in [6, 6.07) is 25.3. The summed E-state index contributed by atoms with van der Waals surface area (Å²) in [7, 11) is 0. The van der Waals surface area contributed by atoms with Crippen LogP contribution in [0.2, 0.25) is 10.0 Å². The summed E-state index contributed by atoms with van der Waals surface area (Å²) in [5, 5.41) is 38.8. The van der Waals surface area contributed by atoms with Crippen molar-refractivity contribution in [3.05, 3.63) is 116 Å². The lowest BCUT2D eigenvalue weighted by atomic mass is 10.0. The summed E-state index contributed by atoms with van der Waals surface area (Å²) >= 11 is 12.7. The standard InChI is InChI=1S/C64H82Cl2N14O9S2/c65-45-35-43(41-67)51-39-57(77-25-17-69-18-26-77)59(53(51)37-45)88-47-7-11-49(12-8-47)90-75-55-5-3-23-79(61(55)81)29-33-86-31-21-73-63(83)71-15-1-2-16-72-64(84)74-22-32-87-34-30-80-24-4-6-56(62(80)82)76-91(85)50-13-9-48(10-14-50)89-60-54-38-46(66)36-44(42-68)52(54)40-58(60)78-27-19-70-20-28-78/h7-14,35-38,55-60,69-70,75-76H,1-6,15-34,39-40H2,(H2,71,73,83)(H2,72,74,84)/t55-,56-,57-,58-,59-,60-,91?/m0/s1. The zero-order valence-electron chi connectivity index (χ0n) is 51.1. The molecule has 488 valence electrons. The molecule has 4 aliphatic heterocycles. The van der Waals surface area contributed by atoms with E-state index in [1.54, 1.807) is 41.3 Å². The fraction of sp³-hybridized carbons (Fsp3) is 0.531. The Hall–Kier alpha value is -6.14. The van der Waals surface area contributed by atoms with Crippen molar-refractivity contribution in [3.63, 3.8) is 0 Å². The van der Waals surface area contributed by atoms with Gasteiger partial charge in [0.25, 0.3) is 0 Å². The van der Waals surface area contributed by atoms with Gasteiger partial charge in [0.05, 0.1) is 79.2 Å². The first-order valence-electron chi connectivity index (χ1n) is 31.7. The lowest BCUT2D eigenvalue weighted by Crippen LogP contribution is -2.52. The lowest BCUT2D eigenvalue weighted by molar-refractivity contribution is -0.136.